The molecule has 1 aromatic carbocycles. The number of nitrogens with one attached hydrogen (secondary N) is 2. The Balaban J connectivity index is 1.75. The number of thioether (sulfide) groups is 1. The van der Waals surface area contributed by atoms with Gasteiger partial charge in [-0.2, -0.15) is 11.8 Å². The van der Waals surface area contributed by atoms with E-state index in [-0.39, 0.29) is 5.91 Å². The predicted octanol–water partition coefficient (Wildman–Crippen LogP) is 2.07. The van der Waals surface area contributed by atoms with Crippen molar-refractivity contribution < 1.29 is 4.79 Å². The third-order valence-electron chi connectivity index (χ3n) is 4.08. The minimum absolute atomic E-state index is 0.0402. The molecule has 132 valence electrons. The van der Waals surface area contributed by atoms with Gasteiger partial charge >= 0.3 is 0 Å². The summed E-state index contributed by atoms with van der Waals surface area (Å²) in [6.07, 6.45) is 0. The van der Waals surface area contributed by atoms with Crippen molar-refractivity contribution in [2.75, 3.05) is 39.0 Å². The van der Waals surface area contributed by atoms with E-state index in [1.807, 2.05) is 37.4 Å². The summed E-state index contributed by atoms with van der Waals surface area (Å²) in [7, 11) is 1.82. The largest absolute Gasteiger partial charge is 0.354 e. The number of hydrogen-bond donors (Lipinski definition) is 2. The Morgan fingerprint density at radius 2 is 2.00 bits per heavy atom. The maximum absolute atomic E-state index is 12.0. The van der Waals surface area contributed by atoms with E-state index in [1.165, 1.54) is 0 Å². The highest BCUT2D eigenvalue weighted by Crippen LogP contribution is 2.24. The fourth-order valence-corrected chi connectivity index (χ4v) is 3.94. The number of amides is 1. The maximum atomic E-state index is 12.0. The van der Waals surface area contributed by atoms with Crippen molar-refractivity contribution in [2.45, 2.75) is 19.1 Å². The Morgan fingerprint density at radius 3 is 2.67 bits per heavy atom. The van der Waals surface area contributed by atoms with Crippen molar-refractivity contribution >= 4 is 23.6 Å². The van der Waals surface area contributed by atoms with Crippen LogP contribution in [0.25, 0.3) is 0 Å². The molecule has 1 aliphatic rings. The van der Waals surface area contributed by atoms with Crippen LogP contribution in [-0.2, 0) is 0 Å². The molecule has 24 heavy (non-hydrogen) atoms. The molecule has 0 saturated carbocycles. The maximum Gasteiger partial charge on any atom is 0.251 e. The van der Waals surface area contributed by atoms with Gasteiger partial charge in [-0.15, -0.1) is 0 Å². The summed E-state index contributed by atoms with van der Waals surface area (Å²) in [6.45, 7) is 7.83. The summed E-state index contributed by atoms with van der Waals surface area (Å²) < 4.78 is 0. The molecule has 1 aromatic rings. The number of hydrogen-bond acceptors (Lipinski definition) is 3. The van der Waals surface area contributed by atoms with Crippen LogP contribution in [0.3, 0.4) is 0 Å². The lowest BCUT2D eigenvalue weighted by Crippen LogP contribution is -2.50. The molecule has 0 radical (unpaired) electrons. The normalized spacial score (nSPS) is 18.6. The van der Waals surface area contributed by atoms with Crippen LogP contribution in [-0.4, -0.2) is 61.0 Å². The van der Waals surface area contributed by atoms with Crippen LogP contribution in [0.1, 0.15) is 24.2 Å². The van der Waals surface area contributed by atoms with E-state index in [0.717, 1.165) is 24.8 Å². The van der Waals surface area contributed by atoms with Crippen molar-refractivity contribution in [1.29, 1.82) is 0 Å². The zero-order chi connectivity index (χ0) is 17.4. The van der Waals surface area contributed by atoms with Gasteiger partial charge in [-0.3, -0.25) is 9.79 Å². The molecule has 5 nitrogen and oxygen atoms in total. The molecule has 1 amide bonds. The number of guanidine groups is 1. The molecule has 1 heterocycles. The number of carbonyl (C=O) groups is 1. The second-order valence-corrected chi connectivity index (χ2v) is 7.54. The molecular weight excluding hydrogens is 320 g/mol. The first-order valence-corrected chi connectivity index (χ1v) is 9.57. The number of carbonyl (C=O) groups excluding carboxylic acids is 1. The van der Waals surface area contributed by atoms with Crippen LogP contribution in [0.2, 0.25) is 0 Å². The van der Waals surface area contributed by atoms with Gasteiger partial charge < -0.3 is 15.5 Å². The number of nitrogens with zero attached hydrogens (tertiary/aromatic N) is 2. The van der Waals surface area contributed by atoms with Gasteiger partial charge in [0.15, 0.2) is 5.96 Å². The zero-order valence-corrected chi connectivity index (χ0v) is 15.6. The SMILES string of the molecule is CN=C(NCCNC(=O)c1ccccc1)N1CCSC(C(C)C)C1. The molecule has 1 saturated heterocycles. The van der Waals surface area contributed by atoms with E-state index in [9.17, 15) is 4.79 Å². The molecule has 1 aliphatic heterocycles. The minimum atomic E-state index is -0.0402. The number of rotatable bonds is 5. The quantitative estimate of drug-likeness (QED) is 0.486. The van der Waals surface area contributed by atoms with Crippen LogP contribution < -0.4 is 10.6 Å². The van der Waals surface area contributed by atoms with Crippen LogP contribution >= 0.6 is 11.8 Å². The molecule has 0 aromatic heterocycles. The fraction of sp³-hybridized carbons (Fsp3) is 0.556. The zero-order valence-electron chi connectivity index (χ0n) is 14.8. The first-order valence-electron chi connectivity index (χ1n) is 8.52. The Hall–Kier alpha value is -1.69. The Bertz CT molecular complexity index is 547. The van der Waals surface area contributed by atoms with Crippen LogP contribution in [0, 0.1) is 5.92 Å². The molecular formula is C18H28N4OS. The van der Waals surface area contributed by atoms with Crippen molar-refractivity contribution in [2.24, 2.45) is 10.9 Å². The average molecular weight is 349 g/mol. The molecule has 2 rings (SSSR count). The first kappa shape index (κ1) is 18.6. The van der Waals surface area contributed by atoms with E-state index in [2.05, 4.69) is 46.1 Å². The smallest absolute Gasteiger partial charge is 0.251 e. The monoisotopic (exact) mass is 348 g/mol. The van der Waals surface area contributed by atoms with Crippen LogP contribution in [0.15, 0.2) is 35.3 Å². The molecule has 6 heteroatoms. The topological polar surface area (TPSA) is 56.7 Å². The summed E-state index contributed by atoms with van der Waals surface area (Å²) in [4.78, 5) is 18.7. The van der Waals surface area contributed by atoms with Gasteiger partial charge in [-0.25, -0.2) is 0 Å². The second kappa shape index (κ2) is 9.57. The predicted molar refractivity (Wildman–Crippen MR) is 103 cm³/mol. The molecule has 1 unspecified atom stereocenters. The van der Waals surface area contributed by atoms with Crippen molar-refractivity contribution in [3.63, 3.8) is 0 Å². The lowest BCUT2D eigenvalue weighted by molar-refractivity contribution is 0.0954. The van der Waals surface area contributed by atoms with E-state index >= 15 is 0 Å². The third-order valence-corrected chi connectivity index (χ3v) is 5.62. The lowest BCUT2D eigenvalue weighted by Gasteiger charge is -2.36. The summed E-state index contributed by atoms with van der Waals surface area (Å²) in [5.41, 5.74) is 0.690. The van der Waals surface area contributed by atoms with Gasteiger partial charge in [0, 0.05) is 49.8 Å². The van der Waals surface area contributed by atoms with Gasteiger partial charge in [-0.1, -0.05) is 32.0 Å². The van der Waals surface area contributed by atoms with Gasteiger partial charge in [0.1, 0.15) is 0 Å². The highest BCUT2D eigenvalue weighted by atomic mass is 32.2. The lowest BCUT2D eigenvalue weighted by atomic mass is 10.1. The van der Waals surface area contributed by atoms with Gasteiger partial charge in [0.05, 0.1) is 0 Å². The molecule has 0 bridgehead atoms. The summed E-state index contributed by atoms with van der Waals surface area (Å²) in [5, 5.41) is 6.93. The number of benzene rings is 1. The molecule has 0 aliphatic carbocycles. The van der Waals surface area contributed by atoms with Crippen molar-refractivity contribution in [1.82, 2.24) is 15.5 Å². The van der Waals surface area contributed by atoms with Crippen LogP contribution in [0.4, 0.5) is 0 Å². The summed E-state index contributed by atoms with van der Waals surface area (Å²) in [6, 6.07) is 9.28. The summed E-state index contributed by atoms with van der Waals surface area (Å²) >= 11 is 2.05. The van der Waals surface area contributed by atoms with Crippen molar-refractivity contribution in [3.8, 4) is 0 Å². The number of aliphatic imine (C=N–C) groups is 1. The standard InChI is InChI=1S/C18H28N4OS/c1-14(2)16-13-22(11-12-24-16)18(19-3)21-10-9-20-17(23)15-7-5-4-6-8-15/h4-8,14,16H,9-13H2,1-3H3,(H,19,21)(H,20,23). The molecule has 0 spiro atoms. The van der Waals surface area contributed by atoms with Gasteiger partial charge in [0.2, 0.25) is 0 Å². The third kappa shape index (κ3) is 5.44. The van der Waals surface area contributed by atoms with Crippen molar-refractivity contribution in [3.05, 3.63) is 35.9 Å². The van der Waals surface area contributed by atoms with E-state index in [0.29, 0.717) is 29.8 Å². The Labute approximate surface area is 149 Å². The highest BCUT2D eigenvalue weighted by molar-refractivity contribution is 8.00. The van der Waals surface area contributed by atoms with E-state index < -0.39 is 0 Å². The molecule has 1 atom stereocenters. The average Bonchev–Trinajstić information content (AvgIpc) is 2.62. The molecule has 2 N–H and O–H groups in total. The minimum Gasteiger partial charge on any atom is -0.354 e. The Morgan fingerprint density at radius 1 is 1.29 bits per heavy atom. The van der Waals surface area contributed by atoms with E-state index in [4.69, 9.17) is 0 Å². The van der Waals surface area contributed by atoms with Crippen LogP contribution in [0.5, 0.6) is 0 Å². The van der Waals surface area contributed by atoms with Gasteiger partial charge in [0.25, 0.3) is 5.91 Å². The fourth-order valence-electron chi connectivity index (χ4n) is 2.65. The Kier molecular flexibility index (Phi) is 7.43. The summed E-state index contributed by atoms with van der Waals surface area (Å²) in [5.74, 6) is 2.69. The van der Waals surface area contributed by atoms with Gasteiger partial charge in [-0.05, 0) is 18.1 Å². The second-order valence-electron chi connectivity index (χ2n) is 6.20. The van der Waals surface area contributed by atoms with E-state index in [1.54, 1.807) is 0 Å². The molecule has 1 fully saturated rings. The first-order chi connectivity index (χ1) is 11.6. The highest BCUT2D eigenvalue weighted by Gasteiger charge is 2.24.